The van der Waals surface area contributed by atoms with Gasteiger partial charge in [0.15, 0.2) is 0 Å². The minimum absolute atomic E-state index is 0. The first-order chi connectivity index (χ1) is 4.88. The Morgan fingerprint density at radius 3 is 1.00 bits per heavy atom. The summed E-state index contributed by atoms with van der Waals surface area (Å²) in [4.78, 5) is 25.1. The molecule has 12 heavy (non-hydrogen) atoms. The van der Waals surface area contributed by atoms with Crippen molar-refractivity contribution in [3.63, 3.8) is 0 Å². The van der Waals surface area contributed by atoms with Crippen molar-refractivity contribution in [2.75, 3.05) is 0 Å². The van der Waals surface area contributed by atoms with E-state index in [-0.39, 0.29) is 23.5 Å². The fourth-order valence-corrected chi connectivity index (χ4v) is 0. The molecule has 0 aromatic heterocycles. The predicted molar refractivity (Wildman–Crippen MR) is 31.0 cm³/mol. The molecule has 10 nitrogen and oxygen atoms in total. The van der Waals surface area contributed by atoms with Crippen LogP contribution in [0.5, 0.6) is 0 Å². The van der Waals surface area contributed by atoms with Crippen LogP contribution in [0.25, 0.3) is 0 Å². The summed E-state index contributed by atoms with van der Waals surface area (Å²) in [5.74, 6) is 0. The van der Waals surface area contributed by atoms with Gasteiger partial charge in [-0.1, -0.05) is 0 Å². The number of carbonyl (C=O) groups excluding carboxylic acids is 1. The van der Waals surface area contributed by atoms with E-state index in [9.17, 15) is 0 Å². The zero-order valence-electron chi connectivity index (χ0n) is 5.21. The molecule has 0 fully saturated rings. The summed E-state index contributed by atoms with van der Waals surface area (Å²) >= 11 is 0. The zero-order chi connectivity index (χ0) is 9.86. The quantitative estimate of drug-likeness (QED) is 0.231. The number of nitrogens with two attached hydrogens (primary N) is 1. The van der Waals surface area contributed by atoms with Crippen molar-refractivity contribution in [1.29, 1.82) is 0 Å². The molecule has 0 aliphatic rings. The summed E-state index contributed by atoms with van der Waals surface area (Å²) in [5, 5.41) is 29.5. The molecule has 0 atom stereocenters. The minimum atomic E-state index is -1.75. The van der Waals surface area contributed by atoms with Gasteiger partial charge in [0.1, 0.15) is 0 Å². The van der Waals surface area contributed by atoms with E-state index in [1.165, 1.54) is 0 Å². The summed E-state index contributed by atoms with van der Waals surface area (Å²) in [7, 11) is 0. The standard InChI is InChI=1S/CH3NO.Cu.2NO3/c2-1-3;;2*2-1(3)4/h1H,(H2,2,3);;;/q;+2;2*-1. The third-order valence-electron chi connectivity index (χ3n) is 0. The Hall–Kier alpha value is -1.61. The smallest absolute Gasteiger partial charge is 0.372 e. The van der Waals surface area contributed by atoms with Crippen LogP contribution < -0.4 is 5.73 Å². The molecule has 2 N–H and O–H groups in total. The fourth-order valence-electron chi connectivity index (χ4n) is 0. The summed E-state index contributed by atoms with van der Waals surface area (Å²) in [5.41, 5.74) is 4.17. The molecule has 0 aliphatic heterocycles. The van der Waals surface area contributed by atoms with E-state index >= 15 is 0 Å². The van der Waals surface area contributed by atoms with Crippen LogP contribution in [0.1, 0.15) is 0 Å². The average Bonchev–Trinajstić information content (AvgIpc) is 1.60. The molecule has 0 saturated carbocycles. The monoisotopic (exact) mass is 232 g/mol. The molecule has 1 radical (unpaired) electrons. The van der Waals surface area contributed by atoms with Gasteiger partial charge < -0.3 is 36.4 Å². The Bertz CT molecular complexity index is 106. The Morgan fingerprint density at radius 1 is 1.00 bits per heavy atom. The zero-order valence-corrected chi connectivity index (χ0v) is 6.15. The topological polar surface area (TPSA) is 175 Å². The van der Waals surface area contributed by atoms with Gasteiger partial charge >= 0.3 is 17.1 Å². The molecule has 0 unspecified atom stereocenters. The minimum Gasteiger partial charge on any atom is -0.372 e. The second-order valence-electron chi connectivity index (χ2n) is 0.583. The largest absolute Gasteiger partial charge is 2.00 e. The van der Waals surface area contributed by atoms with Gasteiger partial charge in [0.25, 0.3) is 0 Å². The van der Waals surface area contributed by atoms with E-state index < -0.39 is 10.2 Å². The molecule has 0 aromatic carbocycles. The van der Waals surface area contributed by atoms with E-state index in [0.717, 1.165) is 0 Å². The van der Waals surface area contributed by atoms with E-state index in [1.807, 2.05) is 0 Å². The molecule has 0 bridgehead atoms. The number of hydrogen-bond donors (Lipinski definition) is 1. The van der Waals surface area contributed by atoms with Crippen LogP contribution in [0.15, 0.2) is 0 Å². The van der Waals surface area contributed by atoms with E-state index in [0.29, 0.717) is 0 Å². The molecule has 0 spiro atoms. The van der Waals surface area contributed by atoms with Gasteiger partial charge in [0.05, 0.1) is 10.2 Å². The summed E-state index contributed by atoms with van der Waals surface area (Å²) in [6, 6.07) is 0. The SMILES string of the molecule is NC=O.O=[N+]([O-])[O-].O=[N+]([O-])[O-].[Cu+2]. The van der Waals surface area contributed by atoms with E-state index in [1.54, 1.807) is 0 Å². The van der Waals surface area contributed by atoms with Crippen molar-refractivity contribution >= 4 is 6.41 Å². The van der Waals surface area contributed by atoms with Gasteiger partial charge in [-0.25, -0.2) is 0 Å². The Morgan fingerprint density at radius 2 is 1.00 bits per heavy atom. The molecule has 11 heteroatoms. The van der Waals surface area contributed by atoms with Crippen molar-refractivity contribution in [2.45, 2.75) is 0 Å². The van der Waals surface area contributed by atoms with E-state index in [4.69, 9.17) is 35.4 Å². The normalized spacial score (nSPS) is 5.00. The summed E-state index contributed by atoms with van der Waals surface area (Å²) < 4.78 is 0. The number of carbonyl (C=O) groups is 1. The van der Waals surface area contributed by atoms with Crippen LogP contribution in [0.4, 0.5) is 0 Å². The van der Waals surface area contributed by atoms with Crippen LogP contribution >= 0.6 is 0 Å². The molecule has 0 aliphatic carbocycles. The first kappa shape index (κ1) is 22.4. The van der Waals surface area contributed by atoms with Crippen molar-refractivity contribution in [3.8, 4) is 0 Å². The van der Waals surface area contributed by atoms with Crippen LogP contribution in [0.2, 0.25) is 0 Å². The molecule has 1 amide bonds. The Balaban J connectivity index is -0.0000000389. The summed E-state index contributed by atoms with van der Waals surface area (Å²) in [6.07, 6.45) is 0.250. The maximum Gasteiger partial charge on any atom is 2.00 e. The van der Waals surface area contributed by atoms with E-state index in [2.05, 4.69) is 5.73 Å². The second kappa shape index (κ2) is 22.8. The molecule has 0 rings (SSSR count). The maximum absolute atomic E-state index is 8.58. The van der Waals surface area contributed by atoms with Crippen molar-refractivity contribution in [3.05, 3.63) is 30.6 Å². The third-order valence-corrected chi connectivity index (χ3v) is 0. The molecule has 0 heterocycles. The predicted octanol–water partition coefficient (Wildman–Crippen LogP) is -1.38. The number of hydrogen-bond acceptors (Lipinski definition) is 7. The number of rotatable bonds is 0. The second-order valence-corrected chi connectivity index (χ2v) is 0.583. The third kappa shape index (κ3) is 177. The van der Waals surface area contributed by atoms with Crippen LogP contribution in [0, 0.1) is 30.6 Å². The van der Waals surface area contributed by atoms with Gasteiger partial charge in [0.2, 0.25) is 6.41 Å². The van der Waals surface area contributed by atoms with Crippen LogP contribution in [-0.4, -0.2) is 16.6 Å². The first-order valence-electron chi connectivity index (χ1n) is 1.66. The molecular weight excluding hydrogens is 230 g/mol. The van der Waals surface area contributed by atoms with Gasteiger partial charge in [0, 0.05) is 0 Å². The Kier molecular flexibility index (Phi) is 42.5. The van der Waals surface area contributed by atoms with Gasteiger partial charge in [-0.15, -0.1) is 0 Å². The maximum atomic E-state index is 8.58. The van der Waals surface area contributed by atoms with Crippen molar-refractivity contribution in [2.24, 2.45) is 5.73 Å². The van der Waals surface area contributed by atoms with Crippen LogP contribution in [0.3, 0.4) is 0 Å². The first-order valence-corrected chi connectivity index (χ1v) is 1.66. The van der Waals surface area contributed by atoms with Crippen LogP contribution in [-0.2, 0) is 21.9 Å². The van der Waals surface area contributed by atoms with Gasteiger partial charge in [-0.3, -0.25) is 4.79 Å². The molecule has 0 saturated heterocycles. The fraction of sp³-hybridized carbons (Fsp3) is 0. The summed E-state index contributed by atoms with van der Waals surface area (Å²) in [6.45, 7) is 0. The van der Waals surface area contributed by atoms with Gasteiger partial charge in [-0.05, 0) is 0 Å². The molecule has 0 aromatic rings. The number of primary amides is 1. The number of nitrogens with zero attached hydrogens (tertiary/aromatic N) is 2. The molecular formula is CH3CuN3O7. The van der Waals surface area contributed by atoms with Crippen molar-refractivity contribution in [1.82, 2.24) is 0 Å². The Labute approximate surface area is 75.7 Å². The van der Waals surface area contributed by atoms with Gasteiger partial charge in [-0.2, -0.15) is 0 Å². The average molecular weight is 233 g/mol. The molecule has 75 valence electrons. The van der Waals surface area contributed by atoms with Crippen molar-refractivity contribution < 1.29 is 32.0 Å². The number of amides is 1.